The smallest absolute Gasteiger partial charge is 0.297 e. The molecule has 0 saturated heterocycles. The van der Waals surface area contributed by atoms with Crippen molar-refractivity contribution in [2.75, 3.05) is 10.8 Å². The van der Waals surface area contributed by atoms with E-state index in [-0.39, 0.29) is 24.0 Å². The lowest BCUT2D eigenvalue weighted by atomic mass is 10.3. The Hall–Kier alpha value is -1.86. The Balaban J connectivity index is 2.41. The molecule has 0 saturated carbocycles. The summed E-state index contributed by atoms with van der Waals surface area (Å²) in [5.74, 6) is -0.276. The Morgan fingerprint density at radius 1 is 1.20 bits per heavy atom. The Bertz CT molecular complexity index is 679. The molecular formula is C13H14FNO4S. The third-order valence-corrected chi connectivity index (χ3v) is 4.52. The van der Waals surface area contributed by atoms with E-state index in [0.29, 0.717) is 5.69 Å². The van der Waals surface area contributed by atoms with Crippen molar-refractivity contribution in [1.29, 1.82) is 0 Å². The van der Waals surface area contributed by atoms with E-state index in [9.17, 15) is 12.8 Å². The van der Waals surface area contributed by atoms with Gasteiger partial charge in [0, 0.05) is 6.54 Å². The van der Waals surface area contributed by atoms with Crippen LogP contribution in [0.25, 0.3) is 0 Å². The van der Waals surface area contributed by atoms with Crippen LogP contribution in [0.3, 0.4) is 0 Å². The summed E-state index contributed by atoms with van der Waals surface area (Å²) in [6.07, 6.45) is 0. The summed E-state index contributed by atoms with van der Waals surface area (Å²) in [6.45, 7) is 1.46. The van der Waals surface area contributed by atoms with Crippen molar-refractivity contribution in [1.82, 2.24) is 0 Å². The van der Waals surface area contributed by atoms with E-state index in [2.05, 4.69) is 0 Å². The van der Waals surface area contributed by atoms with E-state index in [1.807, 2.05) is 0 Å². The van der Waals surface area contributed by atoms with Crippen LogP contribution in [0.5, 0.6) is 0 Å². The third kappa shape index (κ3) is 2.68. The molecule has 1 aromatic carbocycles. The number of furan rings is 1. The fourth-order valence-corrected chi connectivity index (χ4v) is 3.20. The first-order valence-corrected chi connectivity index (χ1v) is 7.41. The molecule has 0 fully saturated rings. The van der Waals surface area contributed by atoms with Crippen LogP contribution in [0.4, 0.5) is 10.1 Å². The SMILES string of the molecule is CCN(c1ccc(F)cc1)S(=O)(=O)c1ccc(CO)o1. The van der Waals surface area contributed by atoms with Crippen molar-refractivity contribution in [3.8, 4) is 0 Å². The van der Waals surface area contributed by atoms with E-state index in [1.165, 1.54) is 36.4 Å². The number of anilines is 1. The van der Waals surface area contributed by atoms with Gasteiger partial charge in [0.2, 0.25) is 5.09 Å². The minimum atomic E-state index is -3.87. The highest BCUT2D eigenvalue weighted by atomic mass is 32.2. The quantitative estimate of drug-likeness (QED) is 0.918. The van der Waals surface area contributed by atoms with Gasteiger partial charge in [0.05, 0.1) is 5.69 Å². The van der Waals surface area contributed by atoms with Crippen molar-refractivity contribution in [2.45, 2.75) is 18.6 Å². The second kappa shape index (κ2) is 5.64. The molecular weight excluding hydrogens is 285 g/mol. The Kier molecular flexibility index (Phi) is 4.10. The predicted octanol–water partition coefficient (Wildman–Crippen LogP) is 2.13. The lowest BCUT2D eigenvalue weighted by Crippen LogP contribution is -2.30. The maximum Gasteiger partial charge on any atom is 0.297 e. The molecule has 108 valence electrons. The zero-order chi connectivity index (χ0) is 14.8. The van der Waals surface area contributed by atoms with Crippen LogP contribution in [0.2, 0.25) is 0 Å². The monoisotopic (exact) mass is 299 g/mol. The number of aliphatic hydroxyl groups excluding tert-OH is 1. The molecule has 1 N–H and O–H groups in total. The van der Waals surface area contributed by atoms with Crippen LogP contribution in [0.1, 0.15) is 12.7 Å². The van der Waals surface area contributed by atoms with Crippen LogP contribution in [-0.2, 0) is 16.6 Å². The fraction of sp³-hybridized carbons (Fsp3) is 0.231. The normalized spacial score (nSPS) is 11.6. The largest absolute Gasteiger partial charge is 0.445 e. The van der Waals surface area contributed by atoms with Gasteiger partial charge in [0.25, 0.3) is 10.0 Å². The van der Waals surface area contributed by atoms with Crippen LogP contribution in [0.15, 0.2) is 45.9 Å². The van der Waals surface area contributed by atoms with E-state index >= 15 is 0 Å². The summed E-state index contributed by atoms with van der Waals surface area (Å²) < 4.78 is 44.0. The number of aliphatic hydroxyl groups is 1. The molecule has 2 aromatic rings. The number of hydrogen-bond acceptors (Lipinski definition) is 4. The van der Waals surface area contributed by atoms with Gasteiger partial charge in [0.1, 0.15) is 18.2 Å². The summed E-state index contributed by atoms with van der Waals surface area (Å²) in [4.78, 5) is 0. The Morgan fingerprint density at radius 3 is 2.35 bits per heavy atom. The fourth-order valence-electron chi connectivity index (χ4n) is 1.79. The molecule has 0 radical (unpaired) electrons. The van der Waals surface area contributed by atoms with Crippen molar-refractivity contribution in [2.24, 2.45) is 0 Å². The zero-order valence-corrected chi connectivity index (χ0v) is 11.6. The van der Waals surface area contributed by atoms with Gasteiger partial charge in [0.15, 0.2) is 0 Å². The summed E-state index contributed by atoms with van der Waals surface area (Å²) in [6, 6.07) is 7.82. The third-order valence-electron chi connectivity index (χ3n) is 2.74. The van der Waals surface area contributed by atoms with Gasteiger partial charge in [-0.3, -0.25) is 4.31 Å². The van der Waals surface area contributed by atoms with Gasteiger partial charge >= 0.3 is 0 Å². The highest BCUT2D eigenvalue weighted by molar-refractivity contribution is 7.92. The van der Waals surface area contributed by atoms with Gasteiger partial charge in [-0.2, -0.15) is 8.42 Å². The number of hydrogen-bond donors (Lipinski definition) is 1. The van der Waals surface area contributed by atoms with Crippen LogP contribution in [0, 0.1) is 5.82 Å². The van der Waals surface area contributed by atoms with Gasteiger partial charge in [-0.15, -0.1) is 0 Å². The first kappa shape index (κ1) is 14.5. The number of halogens is 1. The molecule has 0 spiro atoms. The molecule has 5 nitrogen and oxygen atoms in total. The predicted molar refractivity (Wildman–Crippen MR) is 71.2 cm³/mol. The van der Waals surface area contributed by atoms with Crippen molar-refractivity contribution >= 4 is 15.7 Å². The van der Waals surface area contributed by atoms with Crippen molar-refractivity contribution in [3.63, 3.8) is 0 Å². The van der Waals surface area contributed by atoms with Gasteiger partial charge in [-0.05, 0) is 43.3 Å². The summed E-state index contributed by atoms with van der Waals surface area (Å²) in [7, 11) is -3.87. The number of benzene rings is 1. The van der Waals surface area contributed by atoms with E-state index in [0.717, 1.165) is 4.31 Å². The Morgan fingerprint density at radius 2 is 1.85 bits per heavy atom. The number of sulfonamides is 1. The molecule has 2 rings (SSSR count). The lowest BCUT2D eigenvalue weighted by Gasteiger charge is -2.21. The first-order valence-electron chi connectivity index (χ1n) is 5.97. The minimum Gasteiger partial charge on any atom is -0.445 e. The summed E-state index contributed by atoms with van der Waals surface area (Å²) in [5.41, 5.74) is 0.343. The molecule has 0 aliphatic heterocycles. The van der Waals surface area contributed by atoms with E-state index in [4.69, 9.17) is 9.52 Å². The maximum absolute atomic E-state index is 12.9. The summed E-state index contributed by atoms with van der Waals surface area (Å²) >= 11 is 0. The first-order chi connectivity index (χ1) is 9.48. The Labute approximate surface area is 116 Å². The van der Waals surface area contributed by atoms with Crippen molar-refractivity contribution < 1.29 is 22.3 Å². The molecule has 0 bridgehead atoms. The zero-order valence-electron chi connectivity index (χ0n) is 10.8. The van der Waals surface area contributed by atoms with Crippen LogP contribution >= 0.6 is 0 Å². The van der Waals surface area contributed by atoms with Crippen molar-refractivity contribution in [3.05, 3.63) is 48.0 Å². The highest BCUT2D eigenvalue weighted by Crippen LogP contribution is 2.25. The molecule has 1 heterocycles. The molecule has 1 aromatic heterocycles. The standard InChI is InChI=1S/C13H14FNO4S/c1-2-15(11-5-3-10(14)4-6-11)20(17,18)13-8-7-12(9-16)19-13/h3-8,16H,2,9H2,1H3. The van der Waals surface area contributed by atoms with E-state index < -0.39 is 15.8 Å². The average Bonchev–Trinajstić information content (AvgIpc) is 2.91. The van der Waals surface area contributed by atoms with Gasteiger partial charge in [-0.1, -0.05) is 0 Å². The summed E-state index contributed by atoms with van der Waals surface area (Å²) in [5, 5.41) is 8.66. The van der Waals surface area contributed by atoms with E-state index in [1.54, 1.807) is 6.92 Å². The minimum absolute atomic E-state index is 0.165. The maximum atomic E-state index is 12.9. The molecule has 0 amide bonds. The molecule has 7 heteroatoms. The molecule has 0 aliphatic carbocycles. The van der Waals surface area contributed by atoms with Gasteiger partial charge < -0.3 is 9.52 Å². The molecule has 0 atom stereocenters. The topological polar surface area (TPSA) is 70.8 Å². The lowest BCUT2D eigenvalue weighted by molar-refractivity contribution is 0.236. The van der Waals surface area contributed by atoms with Crippen LogP contribution < -0.4 is 4.31 Å². The number of rotatable bonds is 5. The highest BCUT2D eigenvalue weighted by Gasteiger charge is 2.27. The second-order valence-corrected chi connectivity index (χ2v) is 5.82. The number of nitrogens with zero attached hydrogens (tertiary/aromatic N) is 1. The average molecular weight is 299 g/mol. The second-order valence-electron chi connectivity index (χ2n) is 4.03. The molecule has 0 unspecified atom stereocenters. The van der Waals surface area contributed by atoms with Gasteiger partial charge in [-0.25, -0.2) is 4.39 Å². The van der Waals surface area contributed by atoms with Crippen LogP contribution in [-0.4, -0.2) is 20.1 Å². The molecule has 20 heavy (non-hydrogen) atoms. The molecule has 0 aliphatic rings.